The number of hydrogen-bond acceptors (Lipinski definition) is 2. The van der Waals surface area contributed by atoms with Crippen LogP contribution in [0.15, 0.2) is 30.3 Å². The molecule has 1 aromatic rings. The highest BCUT2D eigenvalue weighted by atomic mass is 15.1. The number of benzene rings is 1. The van der Waals surface area contributed by atoms with Crippen LogP contribution in [0.1, 0.15) is 31.2 Å². The van der Waals surface area contributed by atoms with Gasteiger partial charge in [0, 0.05) is 0 Å². The monoisotopic (exact) mass is 242 g/mol. The average molecular weight is 242 g/mol. The van der Waals surface area contributed by atoms with E-state index in [0.717, 1.165) is 25.2 Å². The number of nitriles is 1. The molecule has 0 amide bonds. The first-order valence-electron chi connectivity index (χ1n) is 6.79. The summed E-state index contributed by atoms with van der Waals surface area (Å²) in [6, 6.07) is 13.2. The zero-order chi connectivity index (χ0) is 13.0. The summed E-state index contributed by atoms with van der Waals surface area (Å²) in [6.07, 6.45) is 5.51. The Morgan fingerprint density at radius 1 is 1.22 bits per heavy atom. The number of hydrogen-bond donors (Lipinski definition) is 0. The predicted octanol–water partition coefficient (Wildman–Crippen LogP) is 3.24. The van der Waals surface area contributed by atoms with E-state index in [0.29, 0.717) is 0 Å². The van der Waals surface area contributed by atoms with Crippen LogP contribution in [0.3, 0.4) is 0 Å². The molecular formula is C16H22N2. The maximum Gasteiger partial charge on any atom is 0.108 e. The molecule has 2 rings (SSSR count). The standard InChI is InChI=1S/C16H22N2/c1-18(2)16(13-17)10-8-15(9-11-16)12-14-6-4-3-5-7-14/h3-7,15H,8-12H2,1-2H3. The van der Waals surface area contributed by atoms with Crippen LogP contribution in [-0.2, 0) is 6.42 Å². The minimum Gasteiger partial charge on any atom is -0.292 e. The lowest BCUT2D eigenvalue weighted by Gasteiger charge is -2.39. The topological polar surface area (TPSA) is 27.0 Å². The lowest BCUT2D eigenvalue weighted by atomic mass is 9.75. The summed E-state index contributed by atoms with van der Waals surface area (Å²) in [5.74, 6) is 0.744. The Hall–Kier alpha value is -1.33. The van der Waals surface area contributed by atoms with E-state index in [1.54, 1.807) is 0 Å². The van der Waals surface area contributed by atoms with Crippen LogP contribution in [0.2, 0.25) is 0 Å². The third-order valence-electron chi connectivity index (χ3n) is 4.36. The molecule has 0 N–H and O–H groups in total. The summed E-state index contributed by atoms with van der Waals surface area (Å²) < 4.78 is 0. The lowest BCUT2D eigenvalue weighted by molar-refractivity contribution is 0.131. The molecule has 2 heteroatoms. The minimum absolute atomic E-state index is 0.215. The molecule has 1 aromatic carbocycles. The Bertz CT molecular complexity index is 408. The molecular weight excluding hydrogens is 220 g/mol. The van der Waals surface area contributed by atoms with Gasteiger partial charge < -0.3 is 0 Å². The van der Waals surface area contributed by atoms with E-state index in [9.17, 15) is 5.26 Å². The fourth-order valence-electron chi connectivity index (χ4n) is 2.97. The molecule has 2 nitrogen and oxygen atoms in total. The Morgan fingerprint density at radius 3 is 2.33 bits per heavy atom. The van der Waals surface area contributed by atoms with Gasteiger partial charge in [-0.3, -0.25) is 4.90 Å². The van der Waals surface area contributed by atoms with Crippen molar-refractivity contribution in [1.29, 1.82) is 5.26 Å². The SMILES string of the molecule is CN(C)C1(C#N)CCC(Cc2ccccc2)CC1. The maximum absolute atomic E-state index is 9.40. The molecule has 1 fully saturated rings. The minimum atomic E-state index is -0.215. The van der Waals surface area contributed by atoms with Gasteiger partial charge in [0.2, 0.25) is 0 Å². The lowest BCUT2D eigenvalue weighted by Crippen LogP contribution is -2.45. The van der Waals surface area contributed by atoms with Crippen molar-refractivity contribution < 1.29 is 0 Å². The van der Waals surface area contributed by atoms with E-state index in [1.165, 1.54) is 18.4 Å². The fourth-order valence-corrected chi connectivity index (χ4v) is 2.97. The third-order valence-corrected chi connectivity index (χ3v) is 4.36. The molecule has 0 saturated heterocycles. The Balaban J connectivity index is 1.93. The van der Waals surface area contributed by atoms with Gasteiger partial charge in [0.15, 0.2) is 0 Å². The van der Waals surface area contributed by atoms with Crippen molar-refractivity contribution in [2.75, 3.05) is 14.1 Å². The number of rotatable bonds is 3. The molecule has 0 bridgehead atoms. The third kappa shape index (κ3) is 2.73. The van der Waals surface area contributed by atoms with Crippen LogP contribution in [0, 0.1) is 17.2 Å². The number of nitrogens with zero attached hydrogens (tertiary/aromatic N) is 2. The van der Waals surface area contributed by atoms with Gasteiger partial charge in [0.05, 0.1) is 6.07 Å². The largest absolute Gasteiger partial charge is 0.292 e. The summed E-state index contributed by atoms with van der Waals surface area (Å²) in [5.41, 5.74) is 1.21. The zero-order valence-corrected chi connectivity index (χ0v) is 11.4. The molecule has 0 aliphatic heterocycles. The molecule has 0 aromatic heterocycles. The summed E-state index contributed by atoms with van der Waals surface area (Å²) >= 11 is 0. The maximum atomic E-state index is 9.40. The van der Waals surface area contributed by atoms with E-state index >= 15 is 0 Å². The molecule has 96 valence electrons. The summed E-state index contributed by atoms with van der Waals surface area (Å²) in [4.78, 5) is 2.10. The molecule has 1 aliphatic rings. The normalized spacial score (nSPS) is 28.0. The van der Waals surface area contributed by atoms with Crippen molar-refractivity contribution in [3.05, 3.63) is 35.9 Å². The van der Waals surface area contributed by atoms with Crippen molar-refractivity contribution in [2.45, 2.75) is 37.6 Å². The van der Waals surface area contributed by atoms with Gasteiger partial charge in [-0.25, -0.2) is 0 Å². The first kappa shape index (κ1) is 13.1. The van der Waals surface area contributed by atoms with Crippen LogP contribution >= 0.6 is 0 Å². The van der Waals surface area contributed by atoms with Gasteiger partial charge in [-0.2, -0.15) is 5.26 Å². The molecule has 1 saturated carbocycles. The molecule has 0 spiro atoms. The molecule has 0 heterocycles. The van der Waals surface area contributed by atoms with Crippen molar-refractivity contribution in [2.24, 2.45) is 5.92 Å². The second-order valence-corrected chi connectivity index (χ2v) is 5.67. The Morgan fingerprint density at radius 2 is 1.83 bits per heavy atom. The fraction of sp³-hybridized carbons (Fsp3) is 0.562. The first-order valence-corrected chi connectivity index (χ1v) is 6.79. The van der Waals surface area contributed by atoms with E-state index in [4.69, 9.17) is 0 Å². The second kappa shape index (κ2) is 5.54. The molecule has 0 atom stereocenters. The Labute approximate surface area is 110 Å². The molecule has 1 aliphatic carbocycles. The van der Waals surface area contributed by atoms with Crippen molar-refractivity contribution in [1.82, 2.24) is 4.90 Å². The second-order valence-electron chi connectivity index (χ2n) is 5.67. The van der Waals surface area contributed by atoms with Crippen LogP contribution in [-0.4, -0.2) is 24.5 Å². The summed E-state index contributed by atoms with van der Waals surface area (Å²) in [6.45, 7) is 0. The van der Waals surface area contributed by atoms with Crippen LogP contribution < -0.4 is 0 Å². The predicted molar refractivity (Wildman–Crippen MR) is 74.1 cm³/mol. The van der Waals surface area contributed by atoms with E-state index in [-0.39, 0.29) is 5.54 Å². The van der Waals surface area contributed by atoms with Gasteiger partial charge in [0.1, 0.15) is 5.54 Å². The van der Waals surface area contributed by atoms with Gasteiger partial charge in [-0.05, 0) is 57.7 Å². The highest BCUT2D eigenvalue weighted by Crippen LogP contribution is 2.36. The Kier molecular flexibility index (Phi) is 4.04. The van der Waals surface area contributed by atoms with Crippen molar-refractivity contribution >= 4 is 0 Å². The quantitative estimate of drug-likeness (QED) is 0.813. The van der Waals surface area contributed by atoms with Gasteiger partial charge >= 0.3 is 0 Å². The van der Waals surface area contributed by atoms with Crippen molar-refractivity contribution in [3.8, 4) is 6.07 Å². The molecule has 0 radical (unpaired) electrons. The van der Waals surface area contributed by atoms with Gasteiger partial charge in [-0.15, -0.1) is 0 Å². The first-order chi connectivity index (χ1) is 8.66. The van der Waals surface area contributed by atoms with Crippen LogP contribution in [0.25, 0.3) is 0 Å². The van der Waals surface area contributed by atoms with Gasteiger partial charge in [0.25, 0.3) is 0 Å². The zero-order valence-electron chi connectivity index (χ0n) is 11.4. The molecule has 18 heavy (non-hydrogen) atoms. The smallest absolute Gasteiger partial charge is 0.108 e. The molecule has 0 unspecified atom stereocenters. The highest BCUT2D eigenvalue weighted by Gasteiger charge is 2.37. The van der Waals surface area contributed by atoms with Crippen LogP contribution in [0.4, 0.5) is 0 Å². The van der Waals surface area contributed by atoms with E-state index in [1.807, 2.05) is 14.1 Å². The highest BCUT2D eigenvalue weighted by molar-refractivity contribution is 5.16. The summed E-state index contributed by atoms with van der Waals surface area (Å²) in [5, 5.41) is 9.40. The van der Waals surface area contributed by atoms with Crippen molar-refractivity contribution in [3.63, 3.8) is 0 Å². The van der Waals surface area contributed by atoms with Gasteiger partial charge in [-0.1, -0.05) is 30.3 Å². The van der Waals surface area contributed by atoms with Crippen LogP contribution in [0.5, 0.6) is 0 Å². The van der Waals surface area contributed by atoms with E-state index < -0.39 is 0 Å². The summed E-state index contributed by atoms with van der Waals surface area (Å²) in [7, 11) is 4.06. The average Bonchev–Trinajstić information content (AvgIpc) is 2.41. The van der Waals surface area contributed by atoms with E-state index in [2.05, 4.69) is 41.3 Å².